The first-order valence-electron chi connectivity index (χ1n) is 7.77. The standard InChI is InChI=1S/C18H19N5S/c1-19-18(24)21-20-13-14-7-9-16(10-8-14)23-12-11-17(22-23)15-5-3-2-4-6-15/h2-10,13H,11-12H2,1H3,(H2,19,21,24)/b20-13-. The van der Waals surface area contributed by atoms with Crippen LogP contribution in [0.4, 0.5) is 5.69 Å². The summed E-state index contributed by atoms with van der Waals surface area (Å²) in [5, 5.41) is 14.1. The highest BCUT2D eigenvalue weighted by Crippen LogP contribution is 2.21. The number of hydrazone groups is 2. The summed E-state index contributed by atoms with van der Waals surface area (Å²) in [5.74, 6) is 0. The van der Waals surface area contributed by atoms with Gasteiger partial charge in [-0.1, -0.05) is 42.5 Å². The molecule has 1 heterocycles. The smallest absolute Gasteiger partial charge is 0.186 e. The maximum atomic E-state index is 4.96. The SMILES string of the molecule is CNC(=S)N/N=C\c1ccc(N2CCC(c3ccccc3)=N2)cc1. The fourth-order valence-corrected chi connectivity index (χ4v) is 2.48. The normalized spacial score (nSPS) is 13.9. The Morgan fingerprint density at radius 2 is 1.92 bits per heavy atom. The fourth-order valence-electron chi connectivity index (χ4n) is 2.43. The van der Waals surface area contributed by atoms with Crippen LogP contribution in [0.2, 0.25) is 0 Å². The van der Waals surface area contributed by atoms with Gasteiger partial charge in [-0.2, -0.15) is 10.2 Å². The molecule has 6 heteroatoms. The molecule has 0 spiro atoms. The number of nitrogens with one attached hydrogen (secondary N) is 2. The minimum atomic E-state index is 0.489. The van der Waals surface area contributed by atoms with Gasteiger partial charge in [-0.05, 0) is 35.5 Å². The summed E-state index contributed by atoms with van der Waals surface area (Å²) in [7, 11) is 1.75. The van der Waals surface area contributed by atoms with E-state index in [0.29, 0.717) is 5.11 Å². The van der Waals surface area contributed by atoms with Crippen molar-refractivity contribution in [3.05, 3.63) is 65.7 Å². The minimum Gasteiger partial charge on any atom is -0.364 e. The van der Waals surface area contributed by atoms with E-state index in [9.17, 15) is 0 Å². The summed E-state index contributed by atoms with van der Waals surface area (Å²) >= 11 is 4.96. The molecule has 2 aromatic rings. The third kappa shape index (κ3) is 3.97. The third-order valence-corrected chi connectivity index (χ3v) is 4.00. The van der Waals surface area contributed by atoms with Gasteiger partial charge in [0.05, 0.1) is 17.6 Å². The largest absolute Gasteiger partial charge is 0.364 e. The van der Waals surface area contributed by atoms with Crippen LogP contribution in [0, 0.1) is 0 Å². The average molecular weight is 337 g/mol. The van der Waals surface area contributed by atoms with Gasteiger partial charge >= 0.3 is 0 Å². The van der Waals surface area contributed by atoms with Crippen molar-refractivity contribution < 1.29 is 0 Å². The molecule has 0 radical (unpaired) electrons. The molecular weight excluding hydrogens is 318 g/mol. The highest BCUT2D eigenvalue weighted by Gasteiger charge is 2.16. The Hall–Kier alpha value is -2.73. The van der Waals surface area contributed by atoms with E-state index in [-0.39, 0.29) is 0 Å². The van der Waals surface area contributed by atoms with Gasteiger partial charge in [0.25, 0.3) is 0 Å². The Morgan fingerprint density at radius 1 is 1.17 bits per heavy atom. The molecule has 0 aromatic heterocycles. The van der Waals surface area contributed by atoms with E-state index >= 15 is 0 Å². The molecule has 0 saturated carbocycles. The molecule has 24 heavy (non-hydrogen) atoms. The van der Waals surface area contributed by atoms with E-state index < -0.39 is 0 Å². The van der Waals surface area contributed by atoms with E-state index in [1.807, 2.05) is 35.3 Å². The van der Waals surface area contributed by atoms with Crippen LogP contribution in [0.3, 0.4) is 0 Å². The van der Waals surface area contributed by atoms with Crippen molar-refractivity contribution in [3.8, 4) is 0 Å². The molecule has 0 bridgehead atoms. The highest BCUT2D eigenvalue weighted by atomic mass is 32.1. The molecule has 5 nitrogen and oxygen atoms in total. The predicted octanol–water partition coefficient (Wildman–Crippen LogP) is 2.73. The molecule has 2 aromatic carbocycles. The fraction of sp³-hybridized carbons (Fsp3) is 0.167. The predicted molar refractivity (Wildman–Crippen MR) is 104 cm³/mol. The Bertz CT molecular complexity index is 753. The van der Waals surface area contributed by atoms with Crippen molar-refractivity contribution in [2.75, 3.05) is 18.6 Å². The molecule has 0 fully saturated rings. The molecular formula is C18H19N5S. The van der Waals surface area contributed by atoms with Crippen LogP contribution in [0.15, 0.2) is 64.8 Å². The van der Waals surface area contributed by atoms with Crippen LogP contribution >= 0.6 is 12.2 Å². The molecule has 0 unspecified atom stereocenters. The number of hydrogen-bond acceptors (Lipinski definition) is 4. The zero-order valence-electron chi connectivity index (χ0n) is 13.4. The van der Waals surface area contributed by atoms with Crippen LogP contribution in [0.5, 0.6) is 0 Å². The maximum absolute atomic E-state index is 4.96. The number of anilines is 1. The van der Waals surface area contributed by atoms with Gasteiger partial charge in [0.15, 0.2) is 5.11 Å². The lowest BCUT2D eigenvalue weighted by atomic mass is 10.1. The molecule has 0 saturated heterocycles. The second-order valence-electron chi connectivity index (χ2n) is 5.33. The highest BCUT2D eigenvalue weighted by molar-refractivity contribution is 7.80. The molecule has 0 amide bonds. The zero-order chi connectivity index (χ0) is 16.8. The van der Waals surface area contributed by atoms with Crippen molar-refractivity contribution >= 4 is 34.9 Å². The molecule has 3 rings (SSSR count). The lowest BCUT2D eigenvalue weighted by molar-refractivity contribution is 0.922. The Kier molecular flexibility index (Phi) is 5.18. The molecule has 0 aliphatic carbocycles. The van der Waals surface area contributed by atoms with E-state index in [1.54, 1.807) is 13.3 Å². The second kappa shape index (κ2) is 7.70. The topological polar surface area (TPSA) is 52.0 Å². The third-order valence-electron chi connectivity index (χ3n) is 3.71. The van der Waals surface area contributed by atoms with Gasteiger partial charge in [-0.3, -0.25) is 10.4 Å². The van der Waals surface area contributed by atoms with Gasteiger partial charge in [0.2, 0.25) is 0 Å². The van der Waals surface area contributed by atoms with Crippen molar-refractivity contribution in [1.82, 2.24) is 10.7 Å². The Labute approximate surface area is 147 Å². The average Bonchev–Trinajstić information content (AvgIpc) is 3.13. The van der Waals surface area contributed by atoms with E-state index in [0.717, 1.165) is 29.9 Å². The first-order valence-corrected chi connectivity index (χ1v) is 8.18. The van der Waals surface area contributed by atoms with Gasteiger partial charge in [-0.25, -0.2) is 0 Å². The molecule has 1 aliphatic rings. The quantitative estimate of drug-likeness (QED) is 0.512. The summed E-state index contributed by atoms with van der Waals surface area (Å²) in [6, 6.07) is 18.4. The van der Waals surface area contributed by atoms with Crippen LogP contribution in [0.1, 0.15) is 17.5 Å². The van der Waals surface area contributed by atoms with Crippen LogP contribution < -0.4 is 15.8 Å². The number of rotatable bonds is 4. The van der Waals surface area contributed by atoms with E-state index in [2.05, 4.69) is 40.1 Å². The van der Waals surface area contributed by atoms with Crippen LogP contribution in [-0.4, -0.2) is 30.6 Å². The monoisotopic (exact) mass is 337 g/mol. The molecule has 122 valence electrons. The Morgan fingerprint density at radius 3 is 2.62 bits per heavy atom. The van der Waals surface area contributed by atoms with Gasteiger partial charge < -0.3 is 5.32 Å². The van der Waals surface area contributed by atoms with Crippen molar-refractivity contribution in [1.29, 1.82) is 0 Å². The summed E-state index contributed by atoms with van der Waals surface area (Å²) < 4.78 is 0. The molecule has 1 aliphatic heterocycles. The lowest BCUT2D eigenvalue weighted by Gasteiger charge is -2.13. The molecule has 0 atom stereocenters. The van der Waals surface area contributed by atoms with Gasteiger partial charge in [0, 0.05) is 20.0 Å². The van der Waals surface area contributed by atoms with Crippen molar-refractivity contribution in [2.24, 2.45) is 10.2 Å². The number of hydrogen-bond donors (Lipinski definition) is 2. The summed E-state index contributed by atoms with van der Waals surface area (Å²) in [5.41, 5.74) is 7.13. The van der Waals surface area contributed by atoms with Gasteiger partial charge in [-0.15, -0.1) is 0 Å². The van der Waals surface area contributed by atoms with Crippen molar-refractivity contribution in [3.63, 3.8) is 0 Å². The minimum absolute atomic E-state index is 0.489. The maximum Gasteiger partial charge on any atom is 0.186 e. The summed E-state index contributed by atoms with van der Waals surface area (Å²) in [6.07, 6.45) is 2.69. The zero-order valence-corrected chi connectivity index (χ0v) is 14.3. The van der Waals surface area contributed by atoms with Crippen LogP contribution in [-0.2, 0) is 0 Å². The van der Waals surface area contributed by atoms with E-state index in [1.165, 1.54) is 5.56 Å². The van der Waals surface area contributed by atoms with Gasteiger partial charge in [0.1, 0.15) is 0 Å². The van der Waals surface area contributed by atoms with E-state index in [4.69, 9.17) is 17.3 Å². The van der Waals surface area contributed by atoms with Crippen LogP contribution in [0.25, 0.3) is 0 Å². The lowest BCUT2D eigenvalue weighted by Crippen LogP contribution is -2.28. The second-order valence-corrected chi connectivity index (χ2v) is 5.73. The number of nitrogens with zero attached hydrogens (tertiary/aromatic N) is 3. The number of thiocarbonyl (C=S) groups is 1. The summed E-state index contributed by atoms with van der Waals surface area (Å²) in [4.78, 5) is 0. The Balaban J connectivity index is 1.66. The summed E-state index contributed by atoms with van der Waals surface area (Å²) in [6.45, 7) is 0.898. The van der Waals surface area contributed by atoms with Crippen molar-refractivity contribution in [2.45, 2.75) is 6.42 Å². The number of benzene rings is 2. The first-order chi connectivity index (χ1) is 11.8. The first kappa shape index (κ1) is 16.1. The molecule has 2 N–H and O–H groups in total.